The van der Waals surface area contributed by atoms with Gasteiger partial charge in [-0.25, -0.2) is 9.78 Å². The summed E-state index contributed by atoms with van der Waals surface area (Å²) >= 11 is 0. The number of hydrogen-bond acceptors (Lipinski definition) is 3. The van der Waals surface area contributed by atoms with E-state index in [1.807, 2.05) is 0 Å². The normalized spacial score (nSPS) is 29.1. The average Bonchev–Trinajstić information content (AvgIpc) is 2.55. The third kappa shape index (κ3) is 2.30. The molecule has 1 aliphatic rings. The monoisotopic (exact) mass is 172 g/mol. The fourth-order valence-electron chi connectivity index (χ4n) is 1.36. The molecule has 12 heavy (non-hydrogen) atoms. The van der Waals surface area contributed by atoms with Crippen molar-refractivity contribution in [3.05, 3.63) is 12.7 Å². The number of aliphatic hydroxyl groups excluding tert-OH is 1. The van der Waals surface area contributed by atoms with Crippen molar-refractivity contribution in [1.29, 1.82) is 0 Å². The molecule has 1 aliphatic heterocycles. The van der Waals surface area contributed by atoms with Crippen LogP contribution in [0.5, 0.6) is 0 Å². The third-order valence-corrected chi connectivity index (χ3v) is 2.21. The molecule has 3 nitrogen and oxygen atoms in total. The number of unbranched alkanes of at least 4 members (excludes halogenated alkanes) is 1. The van der Waals surface area contributed by atoms with Gasteiger partial charge in [-0.05, 0) is 19.3 Å². The van der Waals surface area contributed by atoms with Crippen LogP contribution in [0.1, 0.15) is 25.7 Å². The molecule has 0 saturated carbocycles. The maximum atomic E-state index is 8.60. The summed E-state index contributed by atoms with van der Waals surface area (Å²) in [7, 11) is 0. The van der Waals surface area contributed by atoms with E-state index in [-0.39, 0.29) is 12.2 Å². The van der Waals surface area contributed by atoms with E-state index in [4.69, 9.17) is 14.9 Å². The molecular formula is C9H16O3. The van der Waals surface area contributed by atoms with Gasteiger partial charge in [0.05, 0.1) is 6.61 Å². The Morgan fingerprint density at radius 1 is 1.50 bits per heavy atom. The van der Waals surface area contributed by atoms with Gasteiger partial charge in [0.25, 0.3) is 0 Å². The van der Waals surface area contributed by atoms with Crippen molar-refractivity contribution < 1.29 is 14.9 Å². The molecule has 1 atom stereocenters. The first-order valence-corrected chi connectivity index (χ1v) is 4.38. The molecule has 70 valence electrons. The van der Waals surface area contributed by atoms with Gasteiger partial charge in [-0.15, -0.1) is 6.58 Å². The number of rotatable bonds is 5. The highest BCUT2D eigenvalue weighted by Gasteiger charge is 2.33. The van der Waals surface area contributed by atoms with Crippen LogP contribution >= 0.6 is 0 Å². The van der Waals surface area contributed by atoms with Crippen molar-refractivity contribution >= 4 is 0 Å². The van der Waals surface area contributed by atoms with Crippen LogP contribution in [0.4, 0.5) is 0 Å². The van der Waals surface area contributed by atoms with E-state index in [1.54, 1.807) is 6.08 Å². The summed E-state index contributed by atoms with van der Waals surface area (Å²) in [5.41, 5.74) is -0.283. The molecule has 1 heterocycles. The van der Waals surface area contributed by atoms with E-state index in [9.17, 15) is 0 Å². The quantitative estimate of drug-likeness (QED) is 0.387. The molecule has 1 N–H and O–H groups in total. The SMILES string of the molecule is C=CC1(CCCCO)CCOO1. The predicted octanol–water partition coefficient (Wildman–Crippen LogP) is 1.43. The Labute approximate surface area is 72.9 Å². The Hall–Kier alpha value is -0.380. The lowest BCUT2D eigenvalue weighted by Gasteiger charge is -2.20. The summed E-state index contributed by atoms with van der Waals surface area (Å²) in [6.07, 6.45) is 5.33. The fourth-order valence-corrected chi connectivity index (χ4v) is 1.36. The van der Waals surface area contributed by atoms with Gasteiger partial charge in [0.1, 0.15) is 5.60 Å². The minimum Gasteiger partial charge on any atom is -0.396 e. The maximum absolute atomic E-state index is 8.60. The maximum Gasteiger partial charge on any atom is 0.124 e. The lowest BCUT2D eigenvalue weighted by Crippen LogP contribution is -2.24. The van der Waals surface area contributed by atoms with E-state index in [0.29, 0.717) is 6.61 Å². The van der Waals surface area contributed by atoms with Gasteiger partial charge in [0.2, 0.25) is 0 Å². The molecule has 0 aliphatic carbocycles. The topological polar surface area (TPSA) is 38.7 Å². The molecule has 3 heteroatoms. The third-order valence-electron chi connectivity index (χ3n) is 2.21. The van der Waals surface area contributed by atoms with Crippen molar-refractivity contribution in [2.45, 2.75) is 31.3 Å². The van der Waals surface area contributed by atoms with Crippen LogP contribution in [-0.2, 0) is 9.78 Å². The zero-order chi connectivity index (χ0) is 8.86. The van der Waals surface area contributed by atoms with E-state index in [2.05, 4.69) is 6.58 Å². The minimum absolute atomic E-state index is 0.244. The first-order chi connectivity index (χ1) is 5.83. The minimum atomic E-state index is -0.283. The van der Waals surface area contributed by atoms with Gasteiger partial charge < -0.3 is 5.11 Å². The van der Waals surface area contributed by atoms with E-state index < -0.39 is 0 Å². The summed E-state index contributed by atoms with van der Waals surface area (Å²) in [4.78, 5) is 9.98. The van der Waals surface area contributed by atoms with Crippen LogP contribution in [0, 0.1) is 0 Å². The zero-order valence-corrected chi connectivity index (χ0v) is 7.29. The van der Waals surface area contributed by atoms with Crippen molar-refractivity contribution in [3.63, 3.8) is 0 Å². The standard InChI is InChI=1S/C9H16O3/c1-2-9(5-3-4-7-10)6-8-11-12-9/h2,10H,1,3-8H2. The largest absolute Gasteiger partial charge is 0.396 e. The van der Waals surface area contributed by atoms with Gasteiger partial charge in [0.15, 0.2) is 0 Å². The number of aliphatic hydroxyl groups is 1. The Morgan fingerprint density at radius 2 is 2.33 bits per heavy atom. The Balaban J connectivity index is 2.29. The fraction of sp³-hybridized carbons (Fsp3) is 0.778. The second kappa shape index (κ2) is 4.60. The van der Waals surface area contributed by atoms with E-state index in [1.165, 1.54) is 0 Å². The summed E-state index contributed by atoms with van der Waals surface area (Å²) in [6.45, 7) is 4.61. The second-order valence-corrected chi connectivity index (χ2v) is 3.10. The lowest BCUT2D eigenvalue weighted by molar-refractivity contribution is -0.297. The van der Waals surface area contributed by atoms with Crippen LogP contribution in [0.2, 0.25) is 0 Å². The average molecular weight is 172 g/mol. The molecule has 0 amide bonds. The summed E-state index contributed by atoms with van der Waals surface area (Å²) in [5, 5.41) is 8.60. The van der Waals surface area contributed by atoms with Crippen LogP contribution in [-0.4, -0.2) is 23.9 Å². The summed E-state index contributed by atoms with van der Waals surface area (Å²) in [5.74, 6) is 0. The molecule has 0 aromatic carbocycles. The van der Waals surface area contributed by atoms with Crippen LogP contribution in [0.3, 0.4) is 0 Å². The highest BCUT2D eigenvalue weighted by atomic mass is 17.2. The van der Waals surface area contributed by atoms with E-state index in [0.717, 1.165) is 25.7 Å². The predicted molar refractivity (Wildman–Crippen MR) is 45.5 cm³/mol. The Morgan fingerprint density at radius 3 is 2.83 bits per heavy atom. The van der Waals surface area contributed by atoms with Crippen molar-refractivity contribution in [3.8, 4) is 0 Å². The van der Waals surface area contributed by atoms with Crippen molar-refractivity contribution in [1.82, 2.24) is 0 Å². The summed E-state index contributed by atoms with van der Waals surface area (Å²) < 4.78 is 0. The molecule has 1 fully saturated rings. The molecule has 0 spiro atoms. The molecule has 0 aromatic heterocycles. The highest BCUT2D eigenvalue weighted by molar-refractivity contribution is 4.97. The smallest absolute Gasteiger partial charge is 0.124 e. The van der Waals surface area contributed by atoms with Crippen LogP contribution in [0.15, 0.2) is 12.7 Å². The molecule has 1 unspecified atom stereocenters. The van der Waals surface area contributed by atoms with Gasteiger partial charge in [-0.2, -0.15) is 0 Å². The van der Waals surface area contributed by atoms with Gasteiger partial charge in [-0.1, -0.05) is 6.08 Å². The zero-order valence-electron chi connectivity index (χ0n) is 7.29. The molecule has 0 aromatic rings. The first kappa shape index (κ1) is 9.71. The summed E-state index contributed by atoms with van der Waals surface area (Å²) in [6, 6.07) is 0. The van der Waals surface area contributed by atoms with Crippen LogP contribution < -0.4 is 0 Å². The Kier molecular flexibility index (Phi) is 3.72. The van der Waals surface area contributed by atoms with Crippen LogP contribution in [0.25, 0.3) is 0 Å². The number of hydrogen-bond donors (Lipinski definition) is 1. The molecule has 1 saturated heterocycles. The molecule has 0 bridgehead atoms. The lowest BCUT2D eigenvalue weighted by atomic mass is 9.94. The Bertz CT molecular complexity index is 139. The van der Waals surface area contributed by atoms with Crippen molar-refractivity contribution in [2.75, 3.05) is 13.2 Å². The first-order valence-electron chi connectivity index (χ1n) is 4.38. The molecule has 1 rings (SSSR count). The van der Waals surface area contributed by atoms with Crippen molar-refractivity contribution in [2.24, 2.45) is 0 Å². The van der Waals surface area contributed by atoms with E-state index >= 15 is 0 Å². The molecular weight excluding hydrogens is 156 g/mol. The molecule has 0 radical (unpaired) electrons. The highest BCUT2D eigenvalue weighted by Crippen LogP contribution is 2.29. The van der Waals surface area contributed by atoms with Gasteiger partial charge in [-0.3, -0.25) is 0 Å². The second-order valence-electron chi connectivity index (χ2n) is 3.10. The van der Waals surface area contributed by atoms with Gasteiger partial charge >= 0.3 is 0 Å². The van der Waals surface area contributed by atoms with Gasteiger partial charge in [0, 0.05) is 13.0 Å².